The fourth-order valence-electron chi connectivity index (χ4n) is 3.13. The summed E-state index contributed by atoms with van der Waals surface area (Å²) < 4.78 is 11.1. The average Bonchev–Trinajstić information content (AvgIpc) is 3.21. The Morgan fingerprint density at radius 1 is 1.20 bits per heavy atom. The zero-order valence-electron chi connectivity index (χ0n) is 13.8. The van der Waals surface area contributed by atoms with Gasteiger partial charge in [-0.1, -0.05) is 12.1 Å². The number of ether oxygens (including phenoxy) is 2. The minimum atomic E-state index is -1.09. The molecule has 0 radical (unpaired) electrons. The molecule has 0 saturated carbocycles. The van der Waals surface area contributed by atoms with E-state index in [0.717, 1.165) is 4.88 Å². The Bertz CT molecular complexity index is 820. The first-order valence-corrected chi connectivity index (χ1v) is 9.02. The molecular formula is C18H18N2O4S. The van der Waals surface area contributed by atoms with Crippen LogP contribution in [0.25, 0.3) is 0 Å². The lowest BCUT2D eigenvalue weighted by atomic mass is 9.91. The number of hydrogen-bond acceptors (Lipinski definition) is 5. The monoisotopic (exact) mass is 358 g/mol. The van der Waals surface area contributed by atoms with Crippen LogP contribution in [0.15, 0.2) is 35.7 Å². The van der Waals surface area contributed by atoms with E-state index in [4.69, 9.17) is 9.47 Å². The van der Waals surface area contributed by atoms with Gasteiger partial charge in [0.05, 0.1) is 0 Å². The van der Waals surface area contributed by atoms with Crippen LogP contribution in [0.2, 0.25) is 0 Å². The van der Waals surface area contributed by atoms with Gasteiger partial charge in [-0.15, -0.1) is 11.3 Å². The lowest BCUT2D eigenvalue weighted by molar-refractivity contribution is -0.131. The van der Waals surface area contributed by atoms with Crippen molar-refractivity contribution in [3.8, 4) is 11.5 Å². The molecule has 0 bridgehead atoms. The largest absolute Gasteiger partial charge is 0.486 e. The van der Waals surface area contributed by atoms with E-state index < -0.39 is 5.54 Å². The molecule has 3 heterocycles. The molecule has 4 rings (SSSR count). The first-order valence-electron chi connectivity index (χ1n) is 8.14. The Labute approximate surface area is 149 Å². The predicted molar refractivity (Wildman–Crippen MR) is 93.1 cm³/mol. The number of carbonyl (C=O) groups excluding carboxylic acids is 2. The number of fused-ring (bicyclic) bond motifs is 1. The van der Waals surface area contributed by atoms with Gasteiger partial charge < -0.3 is 14.8 Å². The second-order valence-corrected chi connectivity index (χ2v) is 7.23. The zero-order valence-corrected chi connectivity index (χ0v) is 14.6. The summed E-state index contributed by atoms with van der Waals surface area (Å²) in [5.41, 5.74) is -0.406. The van der Waals surface area contributed by atoms with Crippen molar-refractivity contribution in [1.82, 2.24) is 10.2 Å². The molecule has 3 amide bonds. The molecule has 1 saturated heterocycles. The summed E-state index contributed by atoms with van der Waals surface area (Å²) in [6.07, 6.45) is 0.661. The number of nitrogens with one attached hydrogen (secondary N) is 1. The van der Waals surface area contributed by atoms with E-state index in [2.05, 4.69) is 5.32 Å². The Kier molecular flexibility index (Phi) is 3.88. The molecule has 130 valence electrons. The molecule has 1 aromatic heterocycles. The van der Waals surface area contributed by atoms with Crippen LogP contribution in [0.3, 0.4) is 0 Å². The minimum absolute atomic E-state index is 0.245. The quantitative estimate of drug-likeness (QED) is 0.853. The van der Waals surface area contributed by atoms with Crippen molar-refractivity contribution < 1.29 is 19.1 Å². The van der Waals surface area contributed by atoms with Crippen molar-refractivity contribution in [3.05, 3.63) is 46.2 Å². The van der Waals surface area contributed by atoms with Gasteiger partial charge in [0.2, 0.25) is 0 Å². The van der Waals surface area contributed by atoms with Gasteiger partial charge in [-0.2, -0.15) is 0 Å². The molecule has 2 aliphatic heterocycles. The predicted octanol–water partition coefficient (Wildman–Crippen LogP) is 2.53. The van der Waals surface area contributed by atoms with E-state index in [1.165, 1.54) is 4.90 Å². The number of urea groups is 1. The number of nitrogens with zero attached hydrogens (tertiary/aromatic N) is 1. The molecule has 0 spiro atoms. The van der Waals surface area contributed by atoms with Gasteiger partial charge >= 0.3 is 6.03 Å². The van der Waals surface area contributed by atoms with Crippen LogP contribution >= 0.6 is 11.3 Å². The average molecular weight is 358 g/mol. The molecule has 2 aromatic rings. The molecule has 6 nitrogen and oxygen atoms in total. The topological polar surface area (TPSA) is 67.9 Å². The van der Waals surface area contributed by atoms with Crippen LogP contribution in [0, 0.1) is 0 Å². The maximum absolute atomic E-state index is 12.9. The van der Waals surface area contributed by atoms with Crippen LogP contribution in [0.5, 0.6) is 11.5 Å². The standard InChI is InChI=1S/C18H18N2O4S/c1-18(12-4-5-14-15(11-12)24-9-8-23-14)16(21)20(17(22)19-18)7-6-13-3-2-10-25-13/h2-5,10-11H,6-9H2,1H3,(H,19,22)/t18-/m1/s1. The Morgan fingerprint density at radius 2 is 2.00 bits per heavy atom. The summed E-state index contributed by atoms with van der Waals surface area (Å²) in [6.45, 7) is 3.07. The van der Waals surface area contributed by atoms with Gasteiger partial charge in [0.25, 0.3) is 5.91 Å². The Hall–Kier alpha value is -2.54. The van der Waals surface area contributed by atoms with Crippen molar-refractivity contribution in [1.29, 1.82) is 0 Å². The van der Waals surface area contributed by atoms with Crippen LogP contribution in [-0.4, -0.2) is 36.6 Å². The van der Waals surface area contributed by atoms with Crippen LogP contribution in [0.4, 0.5) is 4.79 Å². The van der Waals surface area contributed by atoms with E-state index in [9.17, 15) is 9.59 Å². The fraction of sp³-hybridized carbons (Fsp3) is 0.333. The third-order valence-corrected chi connectivity index (χ3v) is 5.49. The number of benzene rings is 1. The molecule has 1 N–H and O–H groups in total. The summed E-state index contributed by atoms with van der Waals surface area (Å²) in [4.78, 5) is 27.7. The Balaban J connectivity index is 1.57. The summed E-state index contributed by atoms with van der Waals surface area (Å²) in [7, 11) is 0. The van der Waals surface area contributed by atoms with Crippen LogP contribution < -0.4 is 14.8 Å². The van der Waals surface area contributed by atoms with Gasteiger partial charge in [0, 0.05) is 11.4 Å². The minimum Gasteiger partial charge on any atom is -0.486 e. The van der Waals surface area contributed by atoms with E-state index in [-0.39, 0.29) is 11.9 Å². The van der Waals surface area contributed by atoms with Crippen LogP contribution in [-0.2, 0) is 16.8 Å². The molecule has 1 fully saturated rings. The van der Waals surface area contributed by atoms with Crippen molar-refractivity contribution in [3.63, 3.8) is 0 Å². The first kappa shape index (κ1) is 16.0. The van der Waals surface area contributed by atoms with Gasteiger partial charge in [-0.25, -0.2) is 4.79 Å². The number of thiophene rings is 1. The molecular weight excluding hydrogens is 340 g/mol. The Morgan fingerprint density at radius 3 is 2.76 bits per heavy atom. The lowest BCUT2D eigenvalue weighted by Gasteiger charge is -2.25. The summed E-state index contributed by atoms with van der Waals surface area (Å²) in [5, 5.41) is 4.81. The third-order valence-electron chi connectivity index (χ3n) is 4.56. The highest BCUT2D eigenvalue weighted by Gasteiger charge is 2.49. The van der Waals surface area contributed by atoms with E-state index in [1.807, 2.05) is 17.5 Å². The number of hydrogen-bond donors (Lipinski definition) is 1. The fourth-order valence-corrected chi connectivity index (χ4v) is 3.83. The second-order valence-electron chi connectivity index (χ2n) is 6.20. The summed E-state index contributed by atoms with van der Waals surface area (Å²) in [5.74, 6) is 1.01. The van der Waals surface area contributed by atoms with Gasteiger partial charge in [0.1, 0.15) is 18.8 Å². The second kappa shape index (κ2) is 6.07. The highest BCUT2D eigenvalue weighted by Crippen LogP contribution is 2.36. The summed E-state index contributed by atoms with van der Waals surface area (Å²) >= 11 is 1.62. The zero-order chi connectivity index (χ0) is 17.4. The molecule has 0 aliphatic carbocycles. The van der Waals surface area contributed by atoms with Crippen molar-refractivity contribution in [2.75, 3.05) is 19.8 Å². The number of rotatable bonds is 4. The molecule has 0 unspecified atom stereocenters. The van der Waals surface area contributed by atoms with E-state index in [1.54, 1.807) is 36.5 Å². The smallest absolute Gasteiger partial charge is 0.325 e. The number of imide groups is 1. The first-order chi connectivity index (χ1) is 12.1. The summed E-state index contributed by atoms with van der Waals surface area (Å²) in [6, 6.07) is 8.96. The molecule has 1 atom stereocenters. The molecule has 25 heavy (non-hydrogen) atoms. The highest BCUT2D eigenvalue weighted by molar-refractivity contribution is 7.09. The van der Waals surface area contributed by atoms with Crippen molar-refractivity contribution in [2.24, 2.45) is 0 Å². The van der Waals surface area contributed by atoms with Crippen molar-refractivity contribution >= 4 is 23.3 Å². The highest BCUT2D eigenvalue weighted by atomic mass is 32.1. The van der Waals surface area contributed by atoms with E-state index in [0.29, 0.717) is 43.2 Å². The maximum atomic E-state index is 12.9. The molecule has 7 heteroatoms. The molecule has 2 aliphatic rings. The maximum Gasteiger partial charge on any atom is 0.325 e. The number of amides is 3. The van der Waals surface area contributed by atoms with E-state index >= 15 is 0 Å². The third kappa shape index (κ3) is 2.74. The van der Waals surface area contributed by atoms with Crippen LogP contribution in [0.1, 0.15) is 17.4 Å². The SMILES string of the molecule is C[C@]1(c2ccc3c(c2)OCCO3)NC(=O)N(CCc2cccs2)C1=O. The van der Waals surface area contributed by atoms with Gasteiger partial charge in [0.15, 0.2) is 11.5 Å². The van der Waals surface area contributed by atoms with Crippen molar-refractivity contribution in [2.45, 2.75) is 18.9 Å². The lowest BCUT2D eigenvalue weighted by Crippen LogP contribution is -2.41. The van der Waals surface area contributed by atoms with Gasteiger partial charge in [-0.3, -0.25) is 9.69 Å². The normalized spacial score (nSPS) is 22.2. The molecule has 1 aromatic carbocycles. The van der Waals surface area contributed by atoms with Gasteiger partial charge in [-0.05, 0) is 42.5 Å². The number of carbonyl (C=O) groups is 2.